The molecule has 6 heteroatoms. The Morgan fingerprint density at radius 1 is 0.256 bits per heavy atom. The molecule has 0 spiro atoms. The molecular weight excluding hydrogens is 1010 g/mol. The van der Waals surface area contributed by atoms with E-state index < -0.39 is 6.10 Å². The number of allylic oxidation sites excluding steroid dienone is 8. The van der Waals surface area contributed by atoms with Crippen LogP contribution in [0.15, 0.2) is 48.6 Å². The molecule has 6 nitrogen and oxygen atoms in total. The van der Waals surface area contributed by atoms with Crippen molar-refractivity contribution in [2.24, 2.45) is 0 Å². The molecule has 0 aromatic heterocycles. The van der Waals surface area contributed by atoms with E-state index in [4.69, 9.17) is 14.2 Å². The van der Waals surface area contributed by atoms with E-state index in [1.807, 2.05) is 0 Å². The zero-order valence-electron chi connectivity index (χ0n) is 55.3. The third-order valence-corrected chi connectivity index (χ3v) is 16.6. The Morgan fingerprint density at radius 3 is 0.744 bits per heavy atom. The van der Waals surface area contributed by atoms with Crippen molar-refractivity contribution in [1.29, 1.82) is 0 Å². The lowest BCUT2D eigenvalue weighted by atomic mass is 10.0. The minimum absolute atomic E-state index is 0.0810. The summed E-state index contributed by atoms with van der Waals surface area (Å²) in [5.74, 6) is -0.897. The molecule has 480 valence electrons. The third-order valence-electron chi connectivity index (χ3n) is 16.6. The molecular formula is C76H140O6. The molecule has 0 aliphatic carbocycles. The van der Waals surface area contributed by atoms with Crippen LogP contribution < -0.4 is 0 Å². The fourth-order valence-electron chi connectivity index (χ4n) is 11.1. The van der Waals surface area contributed by atoms with Gasteiger partial charge in [-0.05, 0) is 57.8 Å². The molecule has 0 bridgehead atoms. The zero-order chi connectivity index (χ0) is 59.2. The minimum atomic E-state index is -0.788. The first-order chi connectivity index (χ1) is 40.5. The van der Waals surface area contributed by atoms with Crippen molar-refractivity contribution in [1.82, 2.24) is 0 Å². The van der Waals surface area contributed by atoms with Crippen LogP contribution in [0, 0.1) is 0 Å². The molecule has 0 amide bonds. The highest BCUT2D eigenvalue weighted by Crippen LogP contribution is 2.19. The van der Waals surface area contributed by atoms with E-state index in [2.05, 4.69) is 69.4 Å². The van der Waals surface area contributed by atoms with Crippen molar-refractivity contribution in [2.45, 2.75) is 406 Å². The lowest BCUT2D eigenvalue weighted by Crippen LogP contribution is -2.30. The van der Waals surface area contributed by atoms with Crippen LogP contribution in [0.5, 0.6) is 0 Å². The van der Waals surface area contributed by atoms with Gasteiger partial charge < -0.3 is 14.2 Å². The van der Waals surface area contributed by atoms with Gasteiger partial charge in [-0.3, -0.25) is 14.4 Å². The quantitative estimate of drug-likeness (QED) is 0.0261. The molecule has 0 aromatic carbocycles. The lowest BCUT2D eigenvalue weighted by molar-refractivity contribution is -0.167. The monoisotopic (exact) mass is 1150 g/mol. The second-order valence-corrected chi connectivity index (χ2v) is 24.8. The van der Waals surface area contributed by atoms with E-state index in [1.165, 1.54) is 276 Å². The van der Waals surface area contributed by atoms with Crippen LogP contribution in [0.4, 0.5) is 0 Å². The molecule has 0 aliphatic rings. The van der Waals surface area contributed by atoms with Gasteiger partial charge >= 0.3 is 17.9 Å². The summed E-state index contributed by atoms with van der Waals surface area (Å²) in [5, 5.41) is 0. The van der Waals surface area contributed by atoms with E-state index in [0.717, 1.165) is 83.5 Å². The van der Waals surface area contributed by atoms with Crippen LogP contribution in [0.25, 0.3) is 0 Å². The smallest absolute Gasteiger partial charge is 0.306 e. The van der Waals surface area contributed by atoms with Crippen LogP contribution in [-0.4, -0.2) is 37.2 Å². The van der Waals surface area contributed by atoms with Gasteiger partial charge in [-0.15, -0.1) is 0 Å². The van der Waals surface area contributed by atoms with Gasteiger partial charge in [0.1, 0.15) is 13.2 Å². The molecule has 0 saturated heterocycles. The minimum Gasteiger partial charge on any atom is -0.462 e. The van der Waals surface area contributed by atoms with Crippen LogP contribution in [0.3, 0.4) is 0 Å². The van der Waals surface area contributed by atoms with E-state index in [1.54, 1.807) is 0 Å². The molecule has 0 radical (unpaired) electrons. The number of unbranched alkanes of at least 4 members (excludes halogenated alkanes) is 49. The number of esters is 3. The standard InChI is InChI=1S/C76H140O6/c1-4-7-10-13-16-19-22-25-28-30-31-32-33-34-35-36-37-38-39-40-41-42-43-44-46-48-51-54-57-60-63-66-69-75(78)81-72-73(71-80-74(77)68-65-62-59-56-53-50-47-27-24-21-18-15-12-9-6-3)82-76(79)70-67-64-61-58-55-52-49-45-29-26-23-20-17-14-11-8-5-2/h9,12,18,21,27,47,53,56,73H,4-8,10-11,13-17,19-20,22-26,28-46,48-52,54-55,57-72H2,1-3H3/b12-9-,21-18-,47-27-,56-53-. The van der Waals surface area contributed by atoms with E-state index in [-0.39, 0.29) is 31.1 Å². The highest BCUT2D eigenvalue weighted by Gasteiger charge is 2.19. The summed E-state index contributed by atoms with van der Waals surface area (Å²) in [5.41, 5.74) is 0. The Hall–Kier alpha value is -2.63. The molecule has 0 N–H and O–H groups in total. The van der Waals surface area contributed by atoms with Gasteiger partial charge in [0.05, 0.1) is 0 Å². The molecule has 0 aliphatic heterocycles. The van der Waals surface area contributed by atoms with Gasteiger partial charge in [0, 0.05) is 19.3 Å². The number of rotatable bonds is 68. The molecule has 1 unspecified atom stereocenters. The first-order valence-corrected chi connectivity index (χ1v) is 36.6. The highest BCUT2D eigenvalue weighted by atomic mass is 16.6. The Bertz CT molecular complexity index is 1410. The maximum absolute atomic E-state index is 12.9. The fourth-order valence-corrected chi connectivity index (χ4v) is 11.1. The Kier molecular flexibility index (Phi) is 68.6. The summed E-state index contributed by atoms with van der Waals surface area (Å²) in [6.07, 6.45) is 90.3. The van der Waals surface area contributed by atoms with Crippen molar-refractivity contribution in [3.63, 3.8) is 0 Å². The van der Waals surface area contributed by atoms with Gasteiger partial charge in [0.25, 0.3) is 0 Å². The highest BCUT2D eigenvalue weighted by molar-refractivity contribution is 5.71. The van der Waals surface area contributed by atoms with E-state index >= 15 is 0 Å². The number of carbonyl (C=O) groups is 3. The van der Waals surface area contributed by atoms with Crippen molar-refractivity contribution in [2.75, 3.05) is 13.2 Å². The SMILES string of the molecule is CC/C=C\C/C=C\C/C=C\C/C=C\CCCCC(=O)OCC(COC(=O)CCCCCCCCCCCCCCCCCCCCCCCCCCCCCCCCCC)OC(=O)CCCCCCCCCCCCCCCCCCC. The number of carbonyl (C=O) groups excluding carboxylic acids is 3. The Labute approximate surface area is 511 Å². The number of hydrogen-bond acceptors (Lipinski definition) is 6. The van der Waals surface area contributed by atoms with Gasteiger partial charge in [-0.1, -0.05) is 371 Å². The van der Waals surface area contributed by atoms with E-state index in [9.17, 15) is 14.4 Å². The molecule has 0 rings (SSSR count). The topological polar surface area (TPSA) is 78.9 Å². The van der Waals surface area contributed by atoms with E-state index in [0.29, 0.717) is 19.3 Å². The maximum atomic E-state index is 12.9. The second-order valence-electron chi connectivity index (χ2n) is 24.8. The summed E-state index contributed by atoms with van der Waals surface area (Å²) in [6, 6.07) is 0. The molecule has 0 saturated carbocycles. The number of hydrogen-bond donors (Lipinski definition) is 0. The normalized spacial score (nSPS) is 12.3. The molecule has 1 atom stereocenters. The molecule has 0 fully saturated rings. The van der Waals surface area contributed by atoms with Gasteiger partial charge in [-0.2, -0.15) is 0 Å². The summed E-state index contributed by atoms with van der Waals surface area (Å²) in [7, 11) is 0. The third kappa shape index (κ3) is 68.2. The van der Waals surface area contributed by atoms with Gasteiger partial charge in [-0.25, -0.2) is 0 Å². The second kappa shape index (κ2) is 70.9. The molecule has 0 aromatic rings. The van der Waals surface area contributed by atoms with Crippen LogP contribution in [0.2, 0.25) is 0 Å². The summed E-state index contributed by atoms with van der Waals surface area (Å²) in [6.45, 7) is 6.57. The summed E-state index contributed by atoms with van der Waals surface area (Å²) >= 11 is 0. The lowest BCUT2D eigenvalue weighted by Gasteiger charge is -2.18. The van der Waals surface area contributed by atoms with Crippen molar-refractivity contribution in [3.05, 3.63) is 48.6 Å². The predicted octanol–water partition coefficient (Wildman–Crippen LogP) is 25.3. The molecule has 82 heavy (non-hydrogen) atoms. The van der Waals surface area contributed by atoms with Gasteiger partial charge in [0.2, 0.25) is 0 Å². The van der Waals surface area contributed by atoms with Crippen molar-refractivity contribution >= 4 is 17.9 Å². The maximum Gasteiger partial charge on any atom is 0.306 e. The number of ether oxygens (including phenoxy) is 3. The summed E-state index contributed by atoms with van der Waals surface area (Å²) in [4.78, 5) is 38.4. The zero-order valence-corrected chi connectivity index (χ0v) is 55.3. The van der Waals surface area contributed by atoms with Crippen molar-refractivity contribution < 1.29 is 28.6 Å². The average Bonchev–Trinajstić information content (AvgIpc) is 3.48. The molecule has 0 heterocycles. The first kappa shape index (κ1) is 79.4. The van der Waals surface area contributed by atoms with Crippen LogP contribution in [-0.2, 0) is 28.6 Å². The Balaban J connectivity index is 4.16. The van der Waals surface area contributed by atoms with Crippen LogP contribution in [0.1, 0.15) is 400 Å². The van der Waals surface area contributed by atoms with Gasteiger partial charge in [0.15, 0.2) is 6.10 Å². The first-order valence-electron chi connectivity index (χ1n) is 36.6. The summed E-state index contributed by atoms with van der Waals surface area (Å²) < 4.78 is 17.0. The fraction of sp³-hybridized carbons (Fsp3) is 0.855. The van der Waals surface area contributed by atoms with Crippen LogP contribution >= 0.6 is 0 Å². The predicted molar refractivity (Wildman–Crippen MR) is 358 cm³/mol. The Morgan fingerprint density at radius 2 is 0.476 bits per heavy atom. The largest absolute Gasteiger partial charge is 0.462 e. The average molecular weight is 1150 g/mol. The van der Waals surface area contributed by atoms with Crippen molar-refractivity contribution in [3.8, 4) is 0 Å².